The molecule has 0 unspecified atom stereocenters. The first-order chi connectivity index (χ1) is 15.3. The monoisotopic (exact) mass is 446 g/mol. The lowest BCUT2D eigenvalue weighted by Gasteiger charge is -2.29. The fourth-order valence-electron chi connectivity index (χ4n) is 5.09. The van der Waals surface area contributed by atoms with Gasteiger partial charge in [0.25, 0.3) is 0 Å². The summed E-state index contributed by atoms with van der Waals surface area (Å²) in [5, 5.41) is 4.40. The summed E-state index contributed by atoms with van der Waals surface area (Å²) in [4.78, 5) is 7.05. The second-order valence-corrected chi connectivity index (χ2v) is 9.66. The van der Waals surface area contributed by atoms with Gasteiger partial charge in [0.05, 0.1) is 23.5 Å². The SMILES string of the molecule is CCc1cccc(C)c1-n1c(C)cc([C@H]2[C@@H](c3ccccn3)NC(=S)N2CC(C)C)c1C. The number of benzene rings is 1. The molecule has 1 fully saturated rings. The normalized spacial score (nSPS) is 18.5. The third-order valence-corrected chi connectivity index (χ3v) is 6.83. The molecule has 0 amide bonds. The number of aryl methyl sites for hydroxylation is 3. The standard InChI is InChI=1S/C27H34N4S/c1-7-21-12-10-11-18(4)25(21)31-19(5)15-22(20(31)6)26-24(23-13-8-9-14-28-23)29-27(32)30(26)16-17(2)3/h8-15,17,24,26H,7,16H2,1-6H3,(H,29,32)/t24-,26+/m1/s1. The van der Waals surface area contributed by atoms with Gasteiger partial charge in [0, 0.05) is 24.1 Å². The van der Waals surface area contributed by atoms with Gasteiger partial charge in [0.15, 0.2) is 5.11 Å². The maximum atomic E-state index is 5.83. The Balaban J connectivity index is 1.88. The Bertz CT molecular complexity index is 1120. The van der Waals surface area contributed by atoms with Crippen LogP contribution >= 0.6 is 12.2 Å². The number of thiocarbonyl (C=S) groups is 1. The summed E-state index contributed by atoms with van der Waals surface area (Å²) in [5.74, 6) is 0.506. The first kappa shape index (κ1) is 22.5. The van der Waals surface area contributed by atoms with E-state index in [0.29, 0.717) is 5.92 Å². The van der Waals surface area contributed by atoms with Crippen molar-refractivity contribution < 1.29 is 0 Å². The van der Waals surface area contributed by atoms with Gasteiger partial charge in [-0.05, 0) is 80.2 Å². The minimum Gasteiger partial charge on any atom is -0.352 e. The minimum absolute atomic E-state index is 0.0268. The maximum absolute atomic E-state index is 5.83. The molecule has 32 heavy (non-hydrogen) atoms. The molecule has 2 atom stereocenters. The van der Waals surface area contributed by atoms with Gasteiger partial charge in [0.2, 0.25) is 0 Å². The van der Waals surface area contributed by atoms with E-state index in [2.05, 4.69) is 97.7 Å². The number of hydrogen-bond donors (Lipinski definition) is 1. The molecule has 168 valence electrons. The number of nitrogens with zero attached hydrogens (tertiary/aromatic N) is 3. The van der Waals surface area contributed by atoms with Gasteiger partial charge in [-0.15, -0.1) is 0 Å². The quantitative estimate of drug-likeness (QED) is 0.472. The van der Waals surface area contributed by atoms with Crippen LogP contribution in [0.1, 0.15) is 66.6 Å². The Morgan fingerprint density at radius 1 is 1.09 bits per heavy atom. The van der Waals surface area contributed by atoms with E-state index >= 15 is 0 Å². The highest BCUT2D eigenvalue weighted by Crippen LogP contribution is 2.42. The van der Waals surface area contributed by atoms with Crippen LogP contribution in [0.4, 0.5) is 0 Å². The number of hydrogen-bond acceptors (Lipinski definition) is 2. The van der Waals surface area contributed by atoms with Gasteiger partial charge in [-0.3, -0.25) is 4.98 Å². The molecule has 0 aliphatic carbocycles. The Morgan fingerprint density at radius 3 is 2.53 bits per heavy atom. The van der Waals surface area contributed by atoms with E-state index in [0.717, 1.165) is 23.8 Å². The van der Waals surface area contributed by atoms with Crippen molar-refractivity contribution >= 4 is 17.3 Å². The lowest BCUT2D eigenvalue weighted by Crippen LogP contribution is -2.33. The van der Waals surface area contributed by atoms with Gasteiger partial charge in [-0.2, -0.15) is 0 Å². The molecule has 0 radical (unpaired) electrons. The molecule has 0 saturated carbocycles. The van der Waals surface area contributed by atoms with Gasteiger partial charge in [-0.25, -0.2) is 0 Å². The molecule has 1 aliphatic heterocycles. The Labute approximate surface area is 197 Å². The lowest BCUT2D eigenvalue weighted by atomic mass is 9.96. The highest BCUT2D eigenvalue weighted by molar-refractivity contribution is 7.80. The molecule has 2 aromatic heterocycles. The van der Waals surface area contributed by atoms with Gasteiger partial charge >= 0.3 is 0 Å². The summed E-state index contributed by atoms with van der Waals surface area (Å²) in [6, 6.07) is 15.2. The van der Waals surface area contributed by atoms with E-state index in [1.165, 1.54) is 33.8 Å². The highest BCUT2D eigenvalue weighted by atomic mass is 32.1. The minimum atomic E-state index is 0.0268. The largest absolute Gasteiger partial charge is 0.352 e. The van der Waals surface area contributed by atoms with Crippen molar-refractivity contribution in [1.82, 2.24) is 19.8 Å². The van der Waals surface area contributed by atoms with Crippen LogP contribution in [-0.4, -0.2) is 26.1 Å². The van der Waals surface area contributed by atoms with E-state index in [-0.39, 0.29) is 12.1 Å². The maximum Gasteiger partial charge on any atom is 0.170 e. The number of rotatable bonds is 6. The number of aromatic nitrogens is 2. The van der Waals surface area contributed by atoms with Crippen LogP contribution in [0.3, 0.4) is 0 Å². The van der Waals surface area contributed by atoms with Crippen LogP contribution in [0, 0.1) is 26.7 Å². The molecule has 4 rings (SSSR count). The Hall–Kier alpha value is -2.66. The molecule has 1 N–H and O–H groups in total. The van der Waals surface area contributed by atoms with Crippen molar-refractivity contribution in [3.63, 3.8) is 0 Å². The van der Waals surface area contributed by atoms with Crippen molar-refractivity contribution in [2.75, 3.05) is 6.54 Å². The van der Waals surface area contributed by atoms with Crippen LogP contribution in [0.5, 0.6) is 0 Å². The second-order valence-electron chi connectivity index (χ2n) is 9.27. The Kier molecular flexibility index (Phi) is 6.38. The number of nitrogens with one attached hydrogen (secondary N) is 1. The molecule has 1 aliphatic rings. The zero-order chi connectivity index (χ0) is 23.0. The fraction of sp³-hybridized carbons (Fsp3) is 0.407. The van der Waals surface area contributed by atoms with E-state index in [1.54, 1.807) is 0 Å². The van der Waals surface area contributed by atoms with E-state index in [4.69, 9.17) is 12.2 Å². The summed E-state index contributed by atoms with van der Waals surface area (Å²) >= 11 is 5.83. The third-order valence-electron chi connectivity index (χ3n) is 6.47. The molecule has 4 nitrogen and oxygen atoms in total. The average molecular weight is 447 g/mol. The smallest absolute Gasteiger partial charge is 0.170 e. The zero-order valence-electron chi connectivity index (χ0n) is 20.0. The fourth-order valence-corrected chi connectivity index (χ4v) is 5.41. The summed E-state index contributed by atoms with van der Waals surface area (Å²) in [5.41, 5.74) is 8.87. The molecule has 3 heterocycles. The van der Waals surface area contributed by atoms with E-state index in [1.807, 2.05) is 12.3 Å². The molecule has 0 bridgehead atoms. The Morgan fingerprint density at radius 2 is 1.88 bits per heavy atom. The molecule has 0 spiro atoms. The molecule has 1 aromatic carbocycles. The zero-order valence-corrected chi connectivity index (χ0v) is 20.8. The summed E-state index contributed by atoms with van der Waals surface area (Å²) in [7, 11) is 0. The number of pyridine rings is 1. The predicted octanol–water partition coefficient (Wildman–Crippen LogP) is 5.99. The summed E-state index contributed by atoms with van der Waals surface area (Å²) < 4.78 is 2.44. The van der Waals surface area contributed by atoms with Gasteiger partial charge in [-0.1, -0.05) is 45.0 Å². The van der Waals surface area contributed by atoms with Crippen molar-refractivity contribution in [2.24, 2.45) is 5.92 Å². The first-order valence-corrected chi connectivity index (χ1v) is 12.0. The predicted molar refractivity (Wildman–Crippen MR) is 136 cm³/mol. The lowest BCUT2D eigenvalue weighted by molar-refractivity contribution is 0.287. The molecule has 1 saturated heterocycles. The first-order valence-electron chi connectivity index (χ1n) is 11.6. The van der Waals surface area contributed by atoms with Crippen molar-refractivity contribution in [1.29, 1.82) is 0 Å². The van der Waals surface area contributed by atoms with Crippen LogP contribution in [0.25, 0.3) is 5.69 Å². The van der Waals surface area contributed by atoms with Crippen molar-refractivity contribution in [2.45, 2.75) is 60.0 Å². The van der Waals surface area contributed by atoms with Crippen molar-refractivity contribution in [3.8, 4) is 5.69 Å². The highest BCUT2D eigenvalue weighted by Gasteiger charge is 2.41. The number of para-hydroxylation sites is 1. The van der Waals surface area contributed by atoms with Crippen LogP contribution in [0.15, 0.2) is 48.7 Å². The van der Waals surface area contributed by atoms with E-state index in [9.17, 15) is 0 Å². The molecule has 3 aromatic rings. The molecule has 5 heteroatoms. The summed E-state index contributed by atoms with van der Waals surface area (Å²) in [6.07, 6.45) is 2.88. The van der Waals surface area contributed by atoms with Crippen LogP contribution in [-0.2, 0) is 6.42 Å². The molecular formula is C27H34N4S. The van der Waals surface area contributed by atoms with Crippen molar-refractivity contribution in [3.05, 3.63) is 82.4 Å². The average Bonchev–Trinajstić information content (AvgIpc) is 3.23. The van der Waals surface area contributed by atoms with Crippen LogP contribution < -0.4 is 5.32 Å². The second kappa shape index (κ2) is 9.07. The topological polar surface area (TPSA) is 33.1 Å². The molecular weight excluding hydrogens is 412 g/mol. The summed E-state index contributed by atoms with van der Waals surface area (Å²) in [6.45, 7) is 14.3. The van der Waals surface area contributed by atoms with Gasteiger partial charge < -0.3 is 14.8 Å². The van der Waals surface area contributed by atoms with Gasteiger partial charge in [0.1, 0.15) is 0 Å². The van der Waals surface area contributed by atoms with Crippen LogP contribution in [0.2, 0.25) is 0 Å². The van der Waals surface area contributed by atoms with E-state index < -0.39 is 0 Å². The third kappa shape index (κ3) is 3.95.